The van der Waals surface area contributed by atoms with Gasteiger partial charge in [-0.05, 0) is 31.0 Å². The van der Waals surface area contributed by atoms with Crippen molar-refractivity contribution in [2.45, 2.75) is 24.5 Å². The maximum absolute atomic E-state index is 12.0. The molecule has 0 radical (unpaired) electrons. The molecule has 20 heavy (non-hydrogen) atoms. The summed E-state index contributed by atoms with van der Waals surface area (Å²) in [5, 5.41) is -0.250. The minimum atomic E-state index is -3.74. The topological polar surface area (TPSA) is 76.4 Å². The molecule has 6 heteroatoms. The standard InChI is InChI=1S/C14H15NO4S/c1-11(9-12-5-3-2-4-6-12)15-20(17,18)14-8-7-13(10-16)19-14/h2-8,10-11,15H,9H2,1H3. The SMILES string of the molecule is CC(Cc1ccccc1)NS(=O)(=O)c1ccc(C=O)o1. The van der Waals surface area contributed by atoms with E-state index in [1.54, 1.807) is 6.92 Å². The molecule has 1 atom stereocenters. The Kier molecular flexibility index (Phi) is 4.36. The van der Waals surface area contributed by atoms with Gasteiger partial charge in [-0.3, -0.25) is 4.79 Å². The van der Waals surface area contributed by atoms with Crippen molar-refractivity contribution >= 4 is 16.3 Å². The monoisotopic (exact) mass is 293 g/mol. The van der Waals surface area contributed by atoms with Gasteiger partial charge in [0.25, 0.3) is 10.0 Å². The zero-order valence-electron chi connectivity index (χ0n) is 10.9. The smallest absolute Gasteiger partial charge is 0.274 e. The summed E-state index contributed by atoms with van der Waals surface area (Å²) in [7, 11) is -3.74. The molecule has 106 valence electrons. The van der Waals surface area contributed by atoms with Gasteiger partial charge in [0.05, 0.1) is 0 Å². The predicted octanol–water partition coefficient (Wildman–Crippen LogP) is 2.00. The fourth-order valence-electron chi connectivity index (χ4n) is 1.87. The third-order valence-corrected chi connectivity index (χ3v) is 4.19. The van der Waals surface area contributed by atoms with Crippen molar-refractivity contribution in [3.05, 3.63) is 53.8 Å². The van der Waals surface area contributed by atoms with E-state index in [-0.39, 0.29) is 16.9 Å². The number of sulfonamides is 1. The first-order valence-corrected chi connectivity index (χ1v) is 7.61. The molecule has 2 aromatic rings. The van der Waals surface area contributed by atoms with Crippen molar-refractivity contribution in [1.82, 2.24) is 4.72 Å². The molecule has 0 aliphatic rings. The number of benzene rings is 1. The number of hydrogen-bond acceptors (Lipinski definition) is 4. The van der Waals surface area contributed by atoms with Crippen LogP contribution >= 0.6 is 0 Å². The summed E-state index contributed by atoms with van der Waals surface area (Å²) in [5.74, 6) is -0.0129. The summed E-state index contributed by atoms with van der Waals surface area (Å²) >= 11 is 0. The highest BCUT2D eigenvalue weighted by molar-refractivity contribution is 7.89. The van der Waals surface area contributed by atoms with Crippen molar-refractivity contribution in [3.8, 4) is 0 Å². The van der Waals surface area contributed by atoms with E-state index in [0.29, 0.717) is 12.7 Å². The first-order valence-electron chi connectivity index (χ1n) is 6.12. The number of carbonyl (C=O) groups excluding carboxylic acids is 1. The average Bonchev–Trinajstić information content (AvgIpc) is 2.88. The first kappa shape index (κ1) is 14.5. The highest BCUT2D eigenvalue weighted by Crippen LogP contribution is 2.13. The quantitative estimate of drug-likeness (QED) is 0.826. The summed E-state index contributed by atoms with van der Waals surface area (Å²) in [4.78, 5) is 10.5. The molecule has 1 aromatic carbocycles. The molecule has 0 spiro atoms. The number of hydrogen-bond donors (Lipinski definition) is 1. The summed E-state index contributed by atoms with van der Waals surface area (Å²) in [6.45, 7) is 1.77. The van der Waals surface area contributed by atoms with Gasteiger partial charge in [0, 0.05) is 6.04 Å². The molecule has 0 fully saturated rings. The van der Waals surface area contributed by atoms with Crippen LogP contribution in [0.5, 0.6) is 0 Å². The second-order valence-corrected chi connectivity index (χ2v) is 6.13. The Bertz CT molecular complexity index is 676. The molecule has 5 nitrogen and oxygen atoms in total. The molecule has 2 rings (SSSR count). The van der Waals surface area contributed by atoms with Gasteiger partial charge in [-0.15, -0.1) is 0 Å². The fraction of sp³-hybridized carbons (Fsp3) is 0.214. The van der Waals surface area contributed by atoms with Crippen molar-refractivity contribution in [2.75, 3.05) is 0 Å². The zero-order chi connectivity index (χ0) is 14.6. The Hall–Kier alpha value is -1.92. The van der Waals surface area contributed by atoms with Gasteiger partial charge in [0.2, 0.25) is 5.09 Å². The Balaban J connectivity index is 2.06. The van der Waals surface area contributed by atoms with Crippen molar-refractivity contribution in [1.29, 1.82) is 0 Å². The van der Waals surface area contributed by atoms with E-state index < -0.39 is 10.0 Å². The molecule has 0 aliphatic carbocycles. The summed E-state index contributed by atoms with van der Waals surface area (Å²) in [6.07, 6.45) is 1.04. The number of nitrogens with one attached hydrogen (secondary N) is 1. The second-order valence-electron chi connectivity index (χ2n) is 4.49. The van der Waals surface area contributed by atoms with Gasteiger partial charge in [-0.2, -0.15) is 0 Å². The van der Waals surface area contributed by atoms with Crippen LogP contribution in [0.15, 0.2) is 52.0 Å². The van der Waals surface area contributed by atoms with Crippen LogP contribution < -0.4 is 4.72 Å². The van der Waals surface area contributed by atoms with Crippen LogP contribution in [-0.2, 0) is 16.4 Å². The Morgan fingerprint density at radius 2 is 1.90 bits per heavy atom. The molecular formula is C14H15NO4S. The Morgan fingerprint density at radius 3 is 2.50 bits per heavy atom. The molecule has 0 saturated carbocycles. The highest BCUT2D eigenvalue weighted by atomic mass is 32.2. The molecule has 0 amide bonds. The molecule has 0 saturated heterocycles. The molecular weight excluding hydrogens is 278 g/mol. The van der Waals surface area contributed by atoms with Gasteiger partial charge in [-0.1, -0.05) is 30.3 Å². The number of aldehydes is 1. The van der Waals surface area contributed by atoms with Gasteiger partial charge in [0.1, 0.15) is 0 Å². The van der Waals surface area contributed by atoms with E-state index in [9.17, 15) is 13.2 Å². The van der Waals surface area contributed by atoms with Gasteiger partial charge in [0.15, 0.2) is 12.0 Å². The maximum Gasteiger partial charge on any atom is 0.274 e. The first-order chi connectivity index (χ1) is 9.51. The number of rotatable bonds is 6. The van der Waals surface area contributed by atoms with Crippen LogP contribution in [0, 0.1) is 0 Å². The minimum absolute atomic E-state index is 0.0129. The number of furan rings is 1. The molecule has 1 heterocycles. The summed E-state index contributed by atoms with van der Waals surface area (Å²) in [5.41, 5.74) is 1.04. The van der Waals surface area contributed by atoms with Crippen LogP contribution in [0.3, 0.4) is 0 Å². The summed E-state index contributed by atoms with van der Waals surface area (Å²) < 4.78 is 31.5. The molecule has 1 unspecified atom stereocenters. The molecule has 1 aromatic heterocycles. The van der Waals surface area contributed by atoms with Gasteiger partial charge >= 0.3 is 0 Å². The molecule has 1 N–H and O–H groups in total. The maximum atomic E-state index is 12.0. The van der Waals surface area contributed by atoms with Crippen LogP contribution in [0.2, 0.25) is 0 Å². The normalized spacial score (nSPS) is 13.1. The molecule has 0 bridgehead atoms. The van der Waals surface area contributed by atoms with E-state index >= 15 is 0 Å². The predicted molar refractivity (Wildman–Crippen MR) is 74.0 cm³/mol. The minimum Gasteiger partial charge on any atom is -0.440 e. The van der Waals surface area contributed by atoms with Gasteiger partial charge in [-0.25, -0.2) is 13.1 Å². The fourth-order valence-corrected chi connectivity index (χ4v) is 3.06. The van der Waals surface area contributed by atoms with Crippen LogP contribution in [0.4, 0.5) is 0 Å². The van der Waals surface area contributed by atoms with Crippen molar-refractivity contribution in [2.24, 2.45) is 0 Å². The average molecular weight is 293 g/mol. The van der Waals surface area contributed by atoms with Crippen LogP contribution in [0.25, 0.3) is 0 Å². The summed E-state index contributed by atoms with van der Waals surface area (Å²) in [6, 6.07) is 11.9. The third kappa shape index (κ3) is 3.55. The second kappa shape index (κ2) is 6.02. The Morgan fingerprint density at radius 1 is 1.20 bits per heavy atom. The van der Waals surface area contributed by atoms with Gasteiger partial charge < -0.3 is 4.42 Å². The Labute approximate surface area is 117 Å². The van der Waals surface area contributed by atoms with E-state index in [0.717, 1.165) is 5.56 Å². The molecule has 0 aliphatic heterocycles. The zero-order valence-corrected chi connectivity index (χ0v) is 11.8. The lowest BCUT2D eigenvalue weighted by molar-refractivity contribution is 0.109. The largest absolute Gasteiger partial charge is 0.440 e. The van der Waals surface area contributed by atoms with Crippen LogP contribution in [0.1, 0.15) is 23.0 Å². The van der Waals surface area contributed by atoms with Crippen molar-refractivity contribution < 1.29 is 17.6 Å². The third-order valence-electron chi connectivity index (χ3n) is 2.72. The van der Waals surface area contributed by atoms with Crippen LogP contribution in [-0.4, -0.2) is 20.7 Å². The van der Waals surface area contributed by atoms with E-state index in [1.807, 2.05) is 30.3 Å². The van der Waals surface area contributed by atoms with E-state index in [2.05, 4.69) is 4.72 Å². The lowest BCUT2D eigenvalue weighted by Crippen LogP contribution is -2.33. The van der Waals surface area contributed by atoms with Crippen molar-refractivity contribution in [3.63, 3.8) is 0 Å². The lowest BCUT2D eigenvalue weighted by atomic mass is 10.1. The highest BCUT2D eigenvalue weighted by Gasteiger charge is 2.21. The number of carbonyl (C=O) groups is 1. The lowest BCUT2D eigenvalue weighted by Gasteiger charge is -2.12. The van der Waals surface area contributed by atoms with E-state index in [1.165, 1.54) is 12.1 Å². The van der Waals surface area contributed by atoms with E-state index in [4.69, 9.17) is 4.42 Å².